The fraction of sp³-hybridized carbons (Fsp3) is 0.0500. The van der Waals surface area contributed by atoms with Crippen LogP contribution in [0.4, 0.5) is 5.82 Å². The molecule has 0 unspecified atom stereocenters. The van der Waals surface area contributed by atoms with Crippen molar-refractivity contribution >= 4 is 38.1 Å². The summed E-state index contributed by atoms with van der Waals surface area (Å²) in [6.45, 7) is 0. The first kappa shape index (κ1) is 15.0. The predicted octanol–water partition coefficient (Wildman–Crippen LogP) is 4.49. The lowest BCUT2D eigenvalue weighted by atomic mass is 10.0. The standard InChI is InChI=1S/C20H15N5S/c1-25-11-24-17(14-8-4-6-12-5-2-3-7-13(12)14)18(25)16-9-15-19(21)22-10-23-20(15)26-16/h2-11H,1H3,(H2,21,22,23). The van der Waals surface area contributed by atoms with E-state index in [1.165, 1.54) is 17.1 Å². The van der Waals surface area contributed by atoms with E-state index in [0.29, 0.717) is 5.82 Å². The van der Waals surface area contributed by atoms with Gasteiger partial charge in [-0.2, -0.15) is 0 Å². The van der Waals surface area contributed by atoms with Gasteiger partial charge in [0.05, 0.1) is 28.0 Å². The lowest BCUT2D eigenvalue weighted by molar-refractivity contribution is 0.924. The third-order valence-corrected chi connectivity index (χ3v) is 5.63. The number of rotatable bonds is 2. The van der Waals surface area contributed by atoms with Crippen molar-refractivity contribution < 1.29 is 0 Å². The number of nitrogen functional groups attached to an aromatic ring is 1. The summed E-state index contributed by atoms with van der Waals surface area (Å²) in [5.74, 6) is 0.506. The zero-order chi connectivity index (χ0) is 17.7. The van der Waals surface area contributed by atoms with E-state index < -0.39 is 0 Å². The molecule has 0 saturated heterocycles. The number of benzene rings is 2. The Hall–Kier alpha value is -3.25. The molecule has 0 amide bonds. The molecule has 6 heteroatoms. The van der Waals surface area contributed by atoms with E-state index in [1.54, 1.807) is 11.3 Å². The molecule has 0 atom stereocenters. The van der Waals surface area contributed by atoms with Crippen molar-refractivity contribution in [3.63, 3.8) is 0 Å². The minimum atomic E-state index is 0.506. The SMILES string of the molecule is Cn1cnc(-c2cccc3ccccc23)c1-c1cc2c(N)ncnc2s1. The molecule has 0 radical (unpaired) electrons. The molecule has 0 fully saturated rings. The van der Waals surface area contributed by atoms with Crippen LogP contribution in [0, 0.1) is 0 Å². The van der Waals surface area contributed by atoms with Gasteiger partial charge in [0.25, 0.3) is 0 Å². The Morgan fingerprint density at radius 1 is 0.962 bits per heavy atom. The van der Waals surface area contributed by atoms with Crippen LogP contribution in [0.5, 0.6) is 0 Å². The number of nitrogens with zero attached hydrogens (tertiary/aromatic N) is 4. The minimum absolute atomic E-state index is 0.506. The van der Waals surface area contributed by atoms with Crippen LogP contribution in [0.1, 0.15) is 0 Å². The van der Waals surface area contributed by atoms with Gasteiger partial charge in [-0.3, -0.25) is 0 Å². The number of hydrogen-bond donors (Lipinski definition) is 1. The number of nitrogens with two attached hydrogens (primary N) is 1. The number of imidazole rings is 1. The van der Waals surface area contributed by atoms with Crippen LogP contribution in [-0.2, 0) is 7.05 Å². The molecule has 0 bridgehead atoms. The molecule has 0 aliphatic rings. The predicted molar refractivity (Wildman–Crippen MR) is 107 cm³/mol. The van der Waals surface area contributed by atoms with Gasteiger partial charge in [-0.25, -0.2) is 15.0 Å². The maximum atomic E-state index is 6.02. The molecular formula is C20H15N5S. The minimum Gasteiger partial charge on any atom is -0.383 e. The van der Waals surface area contributed by atoms with Gasteiger partial charge in [-0.15, -0.1) is 11.3 Å². The van der Waals surface area contributed by atoms with Crippen molar-refractivity contribution in [2.24, 2.45) is 7.05 Å². The monoisotopic (exact) mass is 357 g/mol. The Morgan fingerprint density at radius 3 is 2.69 bits per heavy atom. The molecular weight excluding hydrogens is 342 g/mol. The summed E-state index contributed by atoms with van der Waals surface area (Å²) < 4.78 is 2.05. The highest BCUT2D eigenvalue weighted by atomic mass is 32.1. The first-order valence-corrected chi connectivity index (χ1v) is 9.04. The van der Waals surface area contributed by atoms with Gasteiger partial charge in [0.2, 0.25) is 0 Å². The summed E-state index contributed by atoms with van der Waals surface area (Å²) in [6.07, 6.45) is 3.36. The average molecular weight is 357 g/mol. The highest BCUT2D eigenvalue weighted by Gasteiger charge is 2.18. The zero-order valence-electron chi connectivity index (χ0n) is 14.0. The third kappa shape index (κ3) is 2.19. The Kier molecular flexibility index (Phi) is 3.26. The summed E-state index contributed by atoms with van der Waals surface area (Å²) in [6, 6.07) is 16.7. The summed E-state index contributed by atoms with van der Waals surface area (Å²) >= 11 is 1.61. The van der Waals surface area contributed by atoms with Crippen molar-refractivity contribution in [3.8, 4) is 21.8 Å². The Labute approximate surface area is 153 Å². The van der Waals surface area contributed by atoms with E-state index in [9.17, 15) is 0 Å². The van der Waals surface area contributed by atoms with Crippen LogP contribution in [-0.4, -0.2) is 19.5 Å². The normalized spacial score (nSPS) is 11.4. The van der Waals surface area contributed by atoms with Crippen LogP contribution < -0.4 is 5.73 Å². The second-order valence-electron chi connectivity index (χ2n) is 6.17. The molecule has 0 saturated carbocycles. The van der Waals surface area contributed by atoms with E-state index >= 15 is 0 Å². The van der Waals surface area contributed by atoms with Crippen LogP contribution in [0.25, 0.3) is 42.8 Å². The quantitative estimate of drug-likeness (QED) is 0.505. The van der Waals surface area contributed by atoms with Gasteiger partial charge in [0.15, 0.2) is 0 Å². The van der Waals surface area contributed by atoms with E-state index in [0.717, 1.165) is 32.0 Å². The Morgan fingerprint density at radius 2 is 1.81 bits per heavy atom. The van der Waals surface area contributed by atoms with Crippen LogP contribution in [0.2, 0.25) is 0 Å². The Bertz CT molecular complexity index is 1260. The molecule has 0 aliphatic heterocycles. The molecule has 2 N–H and O–H groups in total. The van der Waals surface area contributed by atoms with E-state index in [4.69, 9.17) is 10.7 Å². The van der Waals surface area contributed by atoms with Crippen LogP contribution in [0.15, 0.2) is 61.2 Å². The first-order valence-electron chi connectivity index (χ1n) is 8.22. The molecule has 5 nitrogen and oxygen atoms in total. The number of anilines is 1. The summed E-state index contributed by atoms with van der Waals surface area (Å²) in [4.78, 5) is 15.1. The number of aromatic nitrogens is 4. The molecule has 3 aromatic heterocycles. The van der Waals surface area contributed by atoms with Crippen molar-refractivity contribution in [2.75, 3.05) is 5.73 Å². The van der Waals surface area contributed by atoms with E-state index in [2.05, 4.69) is 58.5 Å². The molecule has 126 valence electrons. The fourth-order valence-electron chi connectivity index (χ4n) is 3.34. The van der Waals surface area contributed by atoms with Crippen molar-refractivity contribution in [3.05, 3.63) is 61.2 Å². The van der Waals surface area contributed by atoms with Gasteiger partial charge in [0, 0.05) is 12.6 Å². The van der Waals surface area contributed by atoms with Crippen molar-refractivity contribution in [1.82, 2.24) is 19.5 Å². The maximum absolute atomic E-state index is 6.02. The van der Waals surface area contributed by atoms with E-state index in [-0.39, 0.29) is 0 Å². The highest BCUT2D eigenvalue weighted by molar-refractivity contribution is 7.21. The number of fused-ring (bicyclic) bond motifs is 2. The average Bonchev–Trinajstić information content (AvgIpc) is 3.25. The second kappa shape index (κ2) is 5.64. The lowest BCUT2D eigenvalue weighted by Gasteiger charge is -2.07. The topological polar surface area (TPSA) is 69.6 Å². The molecule has 5 aromatic rings. The Balaban J connectivity index is 1.79. The molecule has 26 heavy (non-hydrogen) atoms. The fourth-order valence-corrected chi connectivity index (χ4v) is 4.44. The van der Waals surface area contributed by atoms with Crippen molar-refractivity contribution in [2.45, 2.75) is 0 Å². The van der Waals surface area contributed by atoms with Crippen LogP contribution >= 0.6 is 11.3 Å². The third-order valence-electron chi connectivity index (χ3n) is 4.58. The van der Waals surface area contributed by atoms with Gasteiger partial charge in [-0.05, 0) is 16.8 Å². The van der Waals surface area contributed by atoms with E-state index in [1.807, 2.05) is 17.9 Å². The number of aryl methyl sites for hydroxylation is 1. The van der Waals surface area contributed by atoms with Crippen LogP contribution in [0.3, 0.4) is 0 Å². The van der Waals surface area contributed by atoms with Gasteiger partial charge in [-0.1, -0.05) is 42.5 Å². The van der Waals surface area contributed by atoms with Gasteiger partial charge >= 0.3 is 0 Å². The largest absolute Gasteiger partial charge is 0.383 e. The molecule has 5 rings (SSSR count). The van der Waals surface area contributed by atoms with Gasteiger partial charge < -0.3 is 10.3 Å². The molecule has 3 heterocycles. The molecule has 0 spiro atoms. The second-order valence-corrected chi connectivity index (χ2v) is 7.20. The summed E-state index contributed by atoms with van der Waals surface area (Å²) in [5, 5.41) is 3.28. The van der Waals surface area contributed by atoms with Crippen molar-refractivity contribution in [1.29, 1.82) is 0 Å². The summed E-state index contributed by atoms with van der Waals surface area (Å²) in [5.41, 5.74) is 9.16. The molecule has 2 aromatic carbocycles. The smallest absolute Gasteiger partial charge is 0.135 e. The van der Waals surface area contributed by atoms with Gasteiger partial charge in [0.1, 0.15) is 17.0 Å². The highest BCUT2D eigenvalue weighted by Crippen LogP contribution is 2.40. The lowest BCUT2D eigenvalue weighted by Crippen LogP contribution is -1.91. The number of hydrogen-bond acceptors (Lipinski definition) is 5. The first-order chi connectivity index (χ1) is 12.7. The maximum Gasteiger partial charge on any atom is 0.135 e. The summed E-state index contributed by atoms with van der Waals surface area (Å²) in [7, 11) is 2.01. The number of thiophene rings is 1. The zero-order valence-corrected chi connectivity index (χ0v) is 14.9. The molecule has 0 aliphatic carbocycles.